The number of ether oxygens (including phenoxy) is 1. The monoisotopic (exact) mass is 437 g/mol. The Hall–Kier alpha value is -2.46. The number of phenolic OH excluding ortho intramolecular Hbond substituents is 1. The Morgan fingerprint density at radius 2 is 1.86 bits per heavy atom. The van der Waals surface area contributed by atoms with Crippen molar-refractivity contribution in [2.75, 3.05) is 26.3 Å². The number of benzene rings is 2. The number of amides is 1. The fourth-order valence-electron chi connectivity index (χ4n) is 2.86. The van der Waals surface area contributed by atoms with Crippen molar-refractivity contribution in [3.8, 4) is 5.75 Å². The topological polar surface area (TPSA) is 108 Å². The molecule has 8 nitrogen and oxygen atoms in total. The van der Waals surface area contributed by atoms with Gasteiger partial charge in [0.2, 0.25) is 10.0 Å². The molecule has 2 aromatic carbocycles. The molecule has 2 aromatic rings. The Labute approximate surface area is 173 Å². The first-order valence-corrected chi connectivity index (χ1v) is 10.6. The van der Waals surface area contributed by atoms with Crippen LogP contribution in [0.2, 0.25) is 5.02 Å². The van der Waals surface area contributed by atoms with Gasteiger partial charge >= 0.3 is 0 Å². The number of carbonyl (C=O) groups excluding carboxylic acids is 1. The molecule has 1 heterocycles. The summed E-state index contributed by atoms with van der Waals surface area (Å²) in [4.78, 5) is 12.6. The summed E-state index contributed by atoms with van der Waals surface area (Å²) in [5.74, 6) is -0.724. The van der Waals surface area contributed by atoms with E-state index in [0.717, 1.165) is 0 Å². The van der Waals surface area contributed by atoms with Crippen LogP contribution < -0.4 is 5.43 Å². The van der Waals surface area contributed by atoms with Crippen LogP contribution in [-0.4, -0.2) is 55.8 Å². The molecule has 0 unspecified atom stereocenters. The van der Waals surface area contributed by atoms with Gasteiger partial charge in [0.1, 0.15) is 5.75 Å². The van der Waals surface area contributed by atoms with Crippen LogP contribution >= 0.6 is 11.6 Å². The molecule has 1 fully saturated rings. The normalized spacial score (nSPS) is 15.9. The molecule has 10 heteroatoms. The lowest BCUT2D eigenvalue weighted by atomic mass is 10.1. The van der Waals surface area contributed by atoms with Gasteiger partial charge in [0.15, 0.2) is 0 Å². The van der Waals surface area contributed by atoms with Crippen LogP contribution in [0.3, 0.4) is 0 Å². The van der Waals surface area contributed by atoms with Crippen LogP contribution in [0, 0.1) is 0 Å². The van der Waals surface area contributed by atoms with E-state index < -0.39 is 15.9 Å². The Bertz CT molecular complexity index is 1050. The van der Waals surface area contributed by atoms with Gasteiger partial charge in [-0.3, -0.25) is 4.79 Å². The van der Waals surface area contributed by atoms with Crippen molar-refractivity contribution in [3.05, 3.63) is 58.6 Å². The van der Waals surface area contributed by atoms with Gasteiger partial charge in [-0.25, -0.2) is 13.8 Å². The van der Waals surface area contributed by atoms with Gasteiger partial charge in [-0.2, -0.15) is 9.41 Å². The van der Waals surface area contributed by atoms with E-state index in [-0.39, 0.29) is 29.3 Å². The zero-order chi connectivity index (χ0) is 21.0. The smallest absolute Gasteiger partial charge is 0.272 e. The van der Waals surface area contributed by atoms with E-state index in [1.54, 1.807) is 19.1 Å². The van der Waals surface area contributed by atoms with Gasteiger partial charge in [-0.05, 0) is 37.3 Å². The van der Waals surface area contributed by atoms with Crippen LogP contribution in [-0.2, 0) is 14.8 Å². The predicted molar refractivity (Wildman–Crippen MR) is 109 cm³/mol. The highest BCUT2D eigenvalue weighted by Crippen LogP contribution is 2.23. The third-order valence-corrected chi connectivity index (χ3v) is 6.58. The van der Waals surface area contributed by atoms with Gasteiger partial charge in [-0.15, -0.1) is 0 Å². The number of phenols is 1. The van der Waals surface area contributed by atoms with Crippen molar-refractivity contribution in [2.45, 2.75) is 11.8 Å². The molecule has 0 aliphatic carbocycles. The summed E-state index contributed by atoms with van der Waals surface area (Å²) in [7, 11) is -3.85. The van der Waals surface area contributed by atoms with Crippen LogP contribution in [0.15, 0.2) is 52.5 Å². The summed E-state index contributed by atoms with van der Waals surface area (Å²) in [6.07, 6.45) is 0. The second-order valence-electron chi connectivity index (χ2n) is 6.31. The predicted octanol–water partition coefficient (Wildman–Crippen LogP) is 2.22. The zero-order valence-corrected chi connectivity index (χ0v) is 17.2. The maximum atomic E-state index is 13.0. The fraction of sp³-hybridized carbons (Fsp3) is 0.263. The summed E-state index contributed by atoms with van der Waals surface area (Å²) >= 11 is 5.93. The average molecular weight is 438 g/mol. The van der Waals surface area contributed by atoms with Gasteiger partial charge in [0.05, 0.1) is 29.4 Å². The number of carbonyl (C=O) groups is 1. The highest BCUT2D eigenvalue weighted by Gasteiger charge is 2.30. The molecule has 2 N–H and O–H groups in total. The van der Waals surface area contributed by atoms with E-state index in [2.05, 4.69) is 10.5 Å². The molecular formula is C19H20ClN3O5S. The number of morpholine rings is 1. The molecular weight excluding hydrogens is 418 g/mol. The van der Waals surface area contributed by atoms with E-state index in [4.69, 9.17) is 16.3 Å². The third-order valence-electron chi connectivity index (χ3n) is 4.39. The maximum Gasteiger partial charge on any atom is 0.272 e. The van der Waals surface area contributed by atoms with E-state index in [1.165, 1.54) is 34.6 Å². The van der Waals surface area contributed by atoms with Gasteiger partial charge in [-0.1, -0.05) is 23.7 Å². The van der Waals surface area contributed by atoms with Crippen molar-refractivity contribution in [1.29, 1.82) is 0 Å². The van der Waals surface area contributed by atoms with Crippen LogP contribution in [0.5, 0.6) is 5.75 Å². The van der Waals surface area contributed by atoms with E-state index in [9.17, 15) is 18.3 Å². The molecule has 1 aliphatic rings. The Kier molecular flexibility index (Phi) is 6.53. The minimum atomic E-state index is -3.85. The van der Waals surface area contributed by atoms with Crippen molar-refractivity contribution in [2.24, 2.45) is 5.10 Å². The molecule has 3 rings (SSSR count). The molecule has 0 spiro atoms. The van der Waals surface area contributed by atoms with Crippen LogP contribution in [0.4, 0.5) is 0 Å². The largest absolute Gasteiger partial charge is 0.507 e. The molecule has 154 valence electrons. The molecule has 0 saturated carbocycles. The second-order valence-corrected chi connectivity index (χ2v) is 8.66. The molecule has 0 radical (unpaired) electrons. The Balaban J connectivity index is 1.86. The van der Waals surface area contributed by atoms with Crippen molar-refractivity contribution in [1.82, 2.24) is 9.73 Å². The summed E-state index contributed by atoms with van der Waals surface area (Å²) in [6.45, 7) is 2.65. The minimum Gasteiger partial charge on any atom is -0.507 e. The van der Waals surface area contributed by atoms with Gasteiger partial charge in [0.25, 0.3) is 5.91 Å². The number of hydrogen-bond donors (Lipinski definition) is 2. The summed E-state index contributed by atoms with van der Waals surface area (Å²) in [5.41, 5.74) is 2.99. The number of hydrazone groups is 1. The standard InChI is InChI=1S/C19H20ClN3O5S/c1-13(16-12-14(20)6-7-17(16)24)21-22-19(25)15-4-2-3-5-18(15)29(26,27)23-8-10-28-11-9-23/h2-7,12,24H,8-11H2,1H3,(H,22,25). The highest BCUT2D eigenvalue weighted by atomic mass is 35.5. The average Bonchev–Trinajstić information content (AvgIpc) is 2.74. The fourth-order valence-corrected chi connectivity index (χ4v) is 4.63. The lowest BCUT2D eigenvalue weighted by Gasteiger charge is -2.26. The minimum absolute atomic E-state index is 0.0224. The van der Waals surface area contributed by atoms with E-state index in [0.29, 0.717) is 29.5 Å². The first kappa shape index (κ1) is 21.3. The third kappa shape index (κ3) is 4.76. The molecule has 0 aromatic heterocycles. The molecule has 0 atom stereocenters. The first-order valence-electron chi connectivity index (χ1n) is 8.81. The number of aromatic hydroxyl groups is 1. The molecule has 29 heavy (non-hydrogen) atoms. The molecule has 1 amide bonds. The molecule has 1 aliphatic heterocycles. The van der Waals surface area contributed by atoms with Crippen molar-refractivity contribution < 1.29 is 23.1 Å². The van der Waals surface area contributed by atoms with Gasteiger partial charge in [0, 0.05) is 23.7 Å². The lowest BCUT2D eigenvalue weighted by molar-refractivity contribution is 0.0730. The Morgan fingerprint density at radius 1 is 1.17 bits per heavy atom. The number of sulfonamides is 1. The summed E-state index contributed by atoms with van der Waals surface area (Å²) in [5, 5.41) is 14.3. The molecule has 1 saturated heterocycles. The van der Waals surface area contributed by atoms with E-state index >= 15 is 0 Å². The lowest BCUT2D eigenvalue weighted by Crippen LogP contribution is -2.41. The number of halogens is 1. The number of nitrogens with zero attached hydrogens (tertiary/aromatic N) is 2. The van der Waals surface area contributed by atoms with Crippen molar-refractivity contribution in [3.63, 3.8) is 0 Å². The molecule has 0 bridgehead atoms. The quantitative estimate of drug-likeness (QED) is 0.550. The first-order chi connectivity index (χ1) is 13.8. The number of rotatable bonds is 5. The zero-order valence-electron chi connectivity index (χ0n) is 15.6. The SMILES string of the molecule is CC(=NNC(=O)c1ccccc1S(=O)(=O)N1CCOCC1)c1cc(Cl)ccc1O. The van der Waals surface area contributed by atoms with E-state index in [1.807, 2.05) is 0 Å². The highest BCUT2D eigenvalue weighted by molar-refractivity contribution is 7.89. The Morgan fingerprint density at radius 3 is 2.59 bits per heavy atom. The van der Waals surface area contributed by atoms with Crippen molar-refractivity contribution >= 4 is 33.2 Å². The van der Waals surface area contributed by atoms with Gasteiger partial charge < -0.3 is 9.84 Å². The summed E-state index contributed by atoms with van der Waals surface area (Å²) in [6, 6.07) is 10.4. The van der Waals surface area contributed by atoms with Crippen LogP contribution in [0.1, 0.15) is 22.8 Å². The summed E-state index contributed by atoms with van der Waals surface area (Å²) < 4.78 is 32.4. The number of hydrogen-bond acceptors (Lipinski definition) is 6. The number of nitrogens with one attached hydrogen (secondary N) is 1. The second kappa shape index (κ2) is 8.91. The maximum absolute atomic E-state index is 13.0. The van der Waals surface area contributed by atoms with Crippen LogP contribution in [0.25, 0.3) is 0 Å².